The summed E-state index contributed by atoms with van der Waals surface area (Å²) in [6.45, 7) is 2.02. The Morgan fingerprint density at radius 2 is 1.81 bits per heavy atom. The number of Topliss-reactive ketones (excluding diaryl/α,β-unsaturated/α-hetero) is 1. The van der Waals surface area contributed by atoms with Crippen molar-refractivity contribution in [2.24, 2.45) is 0 Å². The van der Waals surface area contributed by atoms with E-state index in [1.807, 2.05) is 25.1 Å². The van der Waals surface area contributed by atoms with Crippen LogP contribution < -0.4 is 4.90 Å². The van der Waals surface area contributed by atoms with Crippen LogP contribution in [0.2, 0.25) is 10.0 Å². The second kappa shape index (κ2) is 7.14. The Labute approximate surface area is 168 Å². The third kappa shape index (κ3) is 3.30. The number of halogens is 2. The smallest absolute Gasteiger partial charge is 0.232 e. The van der Waals surface area contributed by atoms with Crippen LogP contribution in [-0.4, -0.2) is 11.7 Å². The molecule has 4 rings (SSSR count). The number of hydrogen-bond acceptors (Lipinski definition) is 2. The van der Waals surface area contributed by atoms with E-state index in [1.54, 1.807) is 23.1 Å². The van der Waals surface area contributed by atoms with Crippen LogP contribution in [-0.2, 0) is 9.59 Å². The van der Waals surface area contributed by atoms with E-state index < -0.39 is 0 Å². The topological polar surface area (TPSA) is 37.4 Å². The monoisotopic (exact) mass is 399 g/mol. The zero-order chi connectivity index (χ0) is 19.1. The Balaban J connectivity index is 1.87. The first-order valence-electron chi connectivity index (χ1n) is 9.06. The van der Waals surface area contributed by atoms with E-state index in [0.717, 1.165) is 28.8 Å². The fraction of sp³-hybridized carbons (Fsp3) is 0.273. The van der Waals surface area contributed by atoms with E-state index in [4.69, 9.17) is 23.2 Å². The maximum absolute atomic E-state index is 13.1. The number of benzene rings is 2. The highest BCUT2D eigenvalue weighted by Gasteiger charge is 2.39. The Hall–Kier alpha value is -2.10. The molecule has 3 nitrogen and oxygen atoms in total. The Morgan fingerprint density at radius 3 is 2.56 bits per heavy atom. The van der Waals surface area contributed by atoms with Crippen molar-refractivity contribution in [2.75, 3.05) is 4.90 Å². The van der Waals surface area contributed by atoms with Crippen LogP contribution >= 0.6 is 23.2 Å². The van der Waals surface area contributed by atoms with Gasteiger partial charge in [-0.05, 0) is 43.5 Å². The molecule has 1 atom stereocenters. The minimum absolute atomic E-state index is 0.0201. The van der Waals surface area contributed by atoms with Crippen molar-refractivity contribution in [3.63, 3.8) is 0 Å². The molecule has 0 bridgehead atoms. The first-order chi connectivity index (χ1) is 13.0. The zero-order valence-corrected chi connectivity index (χ0v) is 16.5. The lowest BCUT2D eigenvalue weighted by Crippen LogP contribution is -2.40. The van der Waals surface area contributed by atoms with E-state index in [2.05, 4.69) is 6.07 Å². The van der Waals surface area contributed by atoms with Gasteiger partial charge in [0, 0.05) is 30.0 Å². The first-order valence-corrected chi connectivity index (χ1v) is 9.82. The molecule has 27 heavy (non-hydrogen) atoms. The second-order valence-electron chi connectivity index (χ2n) is 7.14. The fourth-order valence-electron chi connectivity index (χ4n) is 4.09. The molecule has 1 unspecified atom stereocenters. The SMILES string of the molecule is Cc1cccc(C2CC(=O)N(c3ccc(Cl)c(Cl)c3)C3=C2C(=O)CCC3)c1. The molecule has 138 valence electrons. The molecule has 1 heterocycles. The summed E-state index contributed by atoms with van der Waals surface area (Å²) < 4.78 is 0. The third-order valence-corrected chi connectivity index (χ3v) is 6.02. The van der Waals surface area contributed by atoms with Crippen LogP contribution in [0.5, 0.6) is 0 Å². The molecular formula is C22H19Cl2NO2. The van der Waals surface area contributed by atoms with E-state index >= 15 is 0 Å². The summed E-state index contributed by atoms with van der Waals surface area (Å²) in [5.74, 6) is -0.0621. The van der Waals surface area contributed by atoms with Crippen molar-refractivity contribution in [1.29, 1.82) is 0 Å². The normalized spacial score (nSPS) is 20.1. The summed E-state index contributed by atoms with van der Waals surface area (Å²) in [4.78, 5) is 27.7. The highest BCUT2D eigenvalue weighted by Crippen LogP contribution is 2.44. The van der Waals surface area contributed by atoms with Gasteiger partial charge in [0.2, 0.25) is 5.91 Å². The number of anilines is 1. The maximum atomic E-state index is 13.1. The number of rotatable bonds is 2. The van der Waals surface area contributed by atoms with Gasteiger partial charge in [0.1, 0.15) is 0 Å². The quantitative estimate of drug-likeness (QED) is 0.636. The lowest BCUT2D eigenvalue weighted by atomic mass is 9.77. The number of aryl methyl sites for hydroxylation is 1. The lowest BCUT2D eigenvalue weighted by molar-refractivity contribution is -0.119. The molecule has 5 heteroatoms. The highest BCUT2D eigenvalue weighted by atomic mass is 35.5. The average Bonchev–Trinajstić information content (AvgIpc) is 2.64. The molecule has 0 spiro atoms. The van der Waals surface area contributed by atoms with Crippen molar-refractivity contribution in [2.45, 2.75) is 38.5 Å². The molecular weight excluding hydrogens is 381 g/mol. The van der Waals surface area contributed by atoms with E-state index in [9.17, 15) is 9.59 Å². The largest absolute Gasteiger partial charge is 0.294 e. The molecule has 1 amide bonds. The summed E-state index contributed by atoms with van der Waals surface area (Å²) in [6.07, 6.45) is 2.26. The maximum Gasteiger partial charge on any atom is 0.232 e. The molecule has 2 aromatic rings. The van der Waals surface area contributed by atoms with Gasteiger partial charge >= 0.3 is 0 Å². The Kier molecular flexibility index (Phi) is 4.83. The fourth-order valence-corrected chi connectivity index (χ4v) is 4.38. The summed E-state index contributed by atoms with van der Waals surface area (Å²) >= 11 is 12.2. The van der Waals surface area contributed by atoms with Gasteiger partial charge < -0.3 is 0 Å². The average molecular weight is 400 g/mol. The van der Waals surface area contributed by atoms with Crippen LogP contribution in [0.1, 0.15) is 42.7 Å². The van der Waals surface area contributed by atoms with Crippen molar-refractivity contribution >= 4 is 40.6 Å². The highest BCUT2D eigenvalue weighted by molar-refractivity contribution is 6.42. The van der Waals surface area contributed by atoms with Gasteiger partial charge in [0.25, 0.3) is 0 Å². The van der Waals surface area contributed by atoms with E-state index in [0.29, 0.717) is 28.6 Å². The third-order valence-electron chi connectivity index (χ3n) is 5.28. The van der Waals surface area contributed by atoms with Crippen molar-refractivity contribution in [3.8, 4) is 0 Å². The molecule has 1 aliphatic heterocycles. The summed E-state index contributed by atoms with van der Waals surface area (Å²) in [7, 11) is 0. The number of nitrogens with zero attached hydrogens (tertiary/aromatic N) is 1. The van der Waals surface area contributed by atoms with E-state index in [1.165, 1.54) is 0 Å². The van der Waals surface area contributed by atoms with Gasteiger partial charge in [0.15, 0.2) is 5.78 Å². The zero-order valence-electron chi connectivity index (χ0n) is 15.0. The molecule has 0 fully saturated rings. The molecule has 0 saturated heterocycles. The van der Waals surface area contributed by atoms with Gasteiger partial charge in [-0.2, -0.15) is 0 Å². The number of hydrogen-bond donors (Lipinski definition) is 0. The molecule has 0 N–H and O–H groups in total. The molecule has 0 radical (unpaired) electrons. The summed E-state index contributed by atoms with van der Waals surface area (Å²) in [5.41, 5.74) is 4.40. The number of carbonyl (C=O) groups is 2. The number of carbonyl (C=O) groups excluding carboxylic acids is 2. The standard InChI is InChI=1S/C22H19Cl2NO2/c1-13-4-2-5-14(10-13)16-12-21(27)25(15-8-9-17(23)18(24)11-15)19-6-3-7-20(26)22(16)19/h2,4-5,8-11,16H,3,6-7,12H2,1H3. The first kappa shape index (κ1) is 18.3. The molecule has 0 aromatic heterocycles. The van der Waals surface area contributed by atoms with Gasteiger partial charge in [-0.25, -0.2) is 0 Å². The summed E-state index contributed by atoms with van der Waals surface area (Å²) in [6, 6.07) is 13.2. The Morgan fingerprint density at radius 1 is 1.00 bits per heavy atom. The Bertz CT molecular complexity index is 980. The van der Waals surface area contributed by atoms with Crippen molar-refractivity contribution < 1.29 is 9.59 Å². The lowest BCUT2D eigenvalue weighted by Gasteiger charge is -2.38. The van der Waals surface area contributed by atoms with Crippen molar-refractivity contribution in [3.05, 3.63) is 74.9 Å². The number of ketones is 1. The van der Waals surface area contributed by atoms with Crippen LogP contribution in [0.25, 0.3) is 0 Å². The predicted octanol–water partition coefficient (Wildman–Crippen LogP) is 5.83. The number of allylic oxidation sites excluding steroid dienone is 2. The minimum atomic E-state index is -0.181. The van der Waals surface area contributed by atoms with Gasteiger partial charge in [-0.15, -0.1) is 0 Å². The van der Waals surface area contributed by atoms with Crippen molar-refractivity contribution in [1.82, 2.24) is 0 Å². The van der Waals surface area contributed by atoms with Crippen LogP contribution in [0.3, 0.4) is 0 Å². The number of amides is 1. The minimum Gasteiger partial charge on any atom is -0.294 e. The van der Waals surface area contributed by atoms with Gasteiger partial charge in [-0.1, -0.05) is 53.0 Å². The second-order valence-corrected chi connectivity index (χ2v) is 7.95. The molecule has 2 aliphatic rings. The van der Waals surface area contributed by atoms with Crippen LogP contribution in [0.15, 0.2) is 53.7 Å². The van der Waals surface area contributed by atoms with Gasteiger partial charge in [-0.3, -0.25) is 14.5 Å². The van der Waals surface area contributed by atoms with Crippen LogP contribution in [0.4, 0.5) is 5.69 Å². The molecule has 1 aliphatic carbocycles. The molecule has 2 aromatic carbocycles. The summed E-state index contributed by atoms with van der Waals surface area (Å²) in [5, 5.41) is 0.837. The van der Waals surface area contributed by atoms with Gasteiger partial charge in [0.05, 0.1) is 15.7 Å². The van der Waals surface area contributed by atoms with Crippen LogP contribution in [0, 0.1) is 6.92 Å². The molecule has 0 saturated carbocycles. The van der Waals surface area contributed by atoms with E-state index in [-0.39, 0.29) is 24.0 Å². The predicted molar refractivity (Wildman–Crippen MR) is 108 cm³/mol.